The lowest BCUT2D eigenvalue weighted by Gasteiger charge is -2.32. The average Bonchev–Trinajstić information content (AvgIpc) is 2.38. The van der Waals surface area contributed by atoms with Gasteiger partial charge in [0.05, 0.1) is 0 Å². The molecule has 0 aromatic heterocycles. The van der Waals surface area contributed by atoms with Gasteiger partial charge in [0.2, 0.25) is 5.91 Å². The average molecular weight is 387 g/mol. The third-order valence-electron chi connectivity index (χ3n) is 3.19. The Hall–Kier alpha value is -0.980. The summed E-state index contributed by atoms with van der Waals surface area (Å²) in [5.41, 5.74) is 0.349. The minimum atomic E-state index is -0.521. The molecule has 122 valence electrons. The summed E-state index contributed by atoms with van der Waals surface area (Å²) in [6.07, 6.45) is 0.554. The van der Waals surface area contributed by atoms with Crippen molar-refractivity contribution >= 4 is 44.9 Å². The van der Waals surface area contributed by atoms with Gasteiger partial charge in [-0.2, -0.15) is 0 Å². The Labute approximate surface area is 146 Å². The molecule has 0 fully saturated rings. The van der Waals surface area contributed by atoms with Crippen molar-refractivity contribution in [3.63, 3.8) is 0 Å². The van der Waals surface area contributed by atoms with E-state index in [1.54, 1.807) is 0 Å². The highest BCUT2D eigenvalue weighted by molar-refractivity contribution is 9.10. The van der Waals surface area contributed by atoms with Gasteiger partial charge in [-0.05, 0) is 43.8 Å². The monoisotopic (exact) mass is 386 g/mol. The first-order valence-corrected chi connectivity index (χ1v) is 8.38. The summed E-state index contributed by atoms with van der Waals surface area (Å²) in [5.74, 6) is -0.131. The zero-order valence-corrected chi connectivity index (χ0v) is 15.8. The molecule has 6 heteroatoms. The number of benzene rings is 1. The van der Waals surface area contributed by atoms with Gasteiger partial charge in [-0.25, -0.2) is 0 Å². The SMILES string of the molecule is CC(CCO)N(C(=S)NC(=O)C(C)(C)C)c1cccc(Br)c1. The molecule has 0 heterocycles. The first kappa shape index (κ1) is 19.1. The lowest BCUT2D eigenvalue weighted by atomic mass is 9.96. The van der Waals surface area contributed by atoms with Crippen LogP contribution in [-0.2, 0) is 4.79 Å². The predicted octanol–water partition coefficient (Wildman–Crippen LogP) is 3.47. The summed E-state index contributed by atoms with van der Waals surface area (Å²) in [7, 11) is 0. The van der Waals surface area contributed by atoms with E-state index in [1.165, 1.54) is 0 Å². The van der Waals surface area contributed by atoms with Crippen LogP contribution in [0.4, 0.5) is 5.69 Å². The number of nitrogens with zero attached hydrogens (tertiary/aromatic N) is 1. The maximum absolute atomic E-state index is 12.2. The lowest BCUT2D eigenvalue weighted by Crippen LogP contribution is -2.50. The third kappa shape index (κ3) is 5.34. The van der Waals surface area contributed by atoms with E-state index >= 15 is 0 Å². The zero-order chi connectivity index (χ0) is 16.9. The normalized spacial score (nSPS) is 12.6. The fourth-order valence-corrected chi connectivity index (χ4v) is 2.62. The molecular formula is C16H23BrN2O2S. The smallest absolute Gasteiger partial charge is 0.231 e. The van der Waals surface area contributed by atoms with Crippen LogP contribution in [0, 0.1) is 5.41 Å². The summed E-state index contributed by atoms with van der Waals surface area (Å²) in [5, 5.41) is 12.4. The second-order valence-electron chi connectivity index (χ2n) is 6.22. The van der Waals surface area contributed by atoms with E-state index in [2.05, 4.69) is 21.2 Å². The molecule has 2 N–H and O–H groups in total. The van der Waals surface area contributed by atoms with Gasteiger partial charge in [0.25, 0.3) is 0 Å². The van der Waals surface area contributed by atoms with Crippen molar-refractivity contribution in [1.82, 2.24) is 5.32 Å². The maximum Gasteiger partial charge on any atom is 0.231 e. The highest BCUT2D eigenvalue weighted by Gasteiger charge is 2.26. The van der Waals surface area contributed by atoms with Crippen LogP contribution in [0.3, 0.4) is 0 Å². The Morgan fingerprint density at radius 2 is 2.09 bits per heavy atom. The Morgan fingerprint density at radius 1 is 1.45 bits per heavy atom. The summed E-state index contributed by atoms with van der Waals surface area (Å²) >= 11 is 8.88. The second kappa shape index (κ2) is 8.04. The molecule has 1 aromatic rings. The van der Waals surface area contributed by atoms with Gasteiger partial charge in [0, 0.05) is 28.2 Å². The number of rotatable bonds is 4. The number of thiocarbonyl (C=S) groups is 1. The molecule has 0 saturated carbocycles. The van der Waals surface area contributed by atoms with Gasteiger partial charge in [-0.3, -0.25) is 4.79 Å². The number of carbonyl (C=O) groups excluding carboxylic acids is 1. The highest BCUT2D eigenvalue weighted by atomic mass is 79.9. The number of aliphatic hydroxyl groups excluding tert-OH is 1. The zero-order valence-electron chi connectivity index (χ0n) is 13.4. The van der Waals surface area contributed by atoms with E-state index < -0.39 is 5.41 Å². The molecule has 0 saturated heterocycles. The number of halogens is 1. The van der Waals surface area contributed by atoms with Crippen molar-refractivity contribution in [3.05, 3.63) is 28.7 Å². The Kier molecular flexibility index (Phi) is 6.97. The van der Waals surface area contributed by atoms with E-state index in [1.807, 2.05) is 56.9 Å². The Bertz CT molecular complexity index is 543. The molecule has 1 rings (SSSR count). The fourth-order valence-electron chi connectivity index (χ4n) is 1.86. The molecular weight excluding hydrogens is 364 g/mol. The van der Waals surface area contributed by atoms with Crippen LogP contribution in [0.25, 0.3) is 0 Å². The van der Waals surface area contributed by atoms with Gasteiger partial charge in [-0.1, -0.05) is 42.8 Å². The first-order valence-electron chi connectivity index (χ1n) is 7.18. The van der Waals surface area contributed by atoms with Crippen LogP contribution >= 0.6 is 28.1 Å². The molecule has 1 atom stereocenters. The molecule has 22 heavy (non-hydrogen) atoms. The first-order chi connectivity index (χ1) is 10.2. The fraction of sp³-hybridized carbons (Fsp3) is 0.500. The molecule has 1 unspecified atom stereocenters. The number of hydrogen-bond donors (Lipinski definition) is 2. The highest BCUT2D eigenvalue weighted by Crippen LogP contribution is 2.23. The number of carbonyl (C=O) groups is 1. The van der Waals surface area contributed by atoms with E-state index in [-0.39, 0.29) is 18.6 Å². The van der Waals surface area contributed by atoms with Crippen LogP contribution in [-0.4, -0.2) is 28.8 Å². The summed E-state index contributed by atoms with van der Waals surface area (Å²) in [6, 6.07) is 7.66. The van der Waals surface area contributed by atoms with E-state index in [4.69, 9.17) is 12.2 Å². The Balaban J connectivity index is 3.05. The molecule has 0 aliphatic heterocycles. The Morgan fingerprint density at radius 3 is 2.59 bits per heavy atom. The minimum Gasteiger partial charge on any atom is -0.396 e. The molecule has 0 aliphatic carbocycles. The number of aliphatic hydroxyl groups is 1. The van der Waals surface area contributed by atoms with Gasteiger partial charge in [0.15, 0.2) is 5.11 Å². The number of hydrogen-bond acceptors (Lipinski definition) is 3. The largest absolute Gasteiger partial charge is 0.396 e. The van der Waals surface area contributed by atoms with Crippen molar-refractivity contribution in [3.8, 4) is 0 Å². The molecule has 1 amide bonds. The third-order valence-corrected chi connectivity index (χ3v) is 3.99. The quantitative estimate of drug-likeness (QED) is 0.777. The number of anilines is 1. The van der Waals surface area contributed by atoms with Crippen LogP contribution in [0.2, 0.25) is 0 Å². The topological polar surface area (TPSA) is 52.6 Å². The maximum atomic E-state index is 12.2. The van der Waals surface area contributed by atoms with E-state index in [0.29, 0.717) is 11.5 Å². The minimum absolute atomic E-state index is 0.0351. The molecule has 0 spiro atoms. The summed E-state index contributed by atoms with van der Waals surface area (Å²) < 4.78 is 0.927. The van der Waals surface area contributed by atoms with E-state index in [0.717, 1.165) is 10.2 Å². The number of nitrogens with one attached hydrogen (secondary N) is 1. The van der Waals surface area contributed by atoms with Gasteiger partial charge in [0.1, 0.15) is 0 Å². The van der Waals surface area contributed by atoms with Crippen molar-refractivity contribution in [2.24, 2.45) is 5.41 Å². The molecule has 1 aromatic carbocycles. The van der Waals surface area contributed by atoms with Crippen molar-refractivity contribution in [2.75, 3.05) is 11.5 Å². The van der Waals surface area contributed by atoms with Crippen molar-refractivity contribution in [2.45, 2.75) is 40.2 Å². The molecule has 4 nitrogen and oxygen atoms in total. The van der Waals surface area contributed by atoms with Gasteiger partial charge >= 0.3 is 0 Å². The summed E-state index contributed by atoms with van der Waals surface area (Å²) in [4.78, 5) is 14.0. The van der Waals surface area contributed by atoms with Gasteiger partial charge in [-0.15, -0.1) is 0 Å². The number of amides is 1. The van der Waals surface area contributed by atoms with Crippen LogP contribution in [0.15, 0.2) is 28.7 Å². The van der Waals surface area contributed by atoms with Crippen LogP contribution in [0.1, 0.15) is 34.1 Å². The van der Waals surface area contributed by atoms with Crippen molar-refractivity contribution < 1.29 is 9.90 Å². The van der Waals surface area contributed by atoms with Gasteiger partial charge < -0.3 is 15.3 Å². The van der Waals surface area contributed by atoms with Crippen LogP contribution in [0.5, 0.6) is 0 Å². The molecule has 0 aliphatic rings. The lowest BCUT2D eigenvalue weighted by molar-refractivity contribution is -0.126. The van der Waals surface area contributed by atoms with E-state index in [9.17, 15) is 9.90 Å². The van der Waals surface area contributed by atoms with Crippen LogP contribution < -0.4 is 10.2 Å². The molecule has 0 radical (unpaired) electrons. The second-order valence-corrected chi connectivity index (χ2v) is 7.52. The predicted molar refractivity (Wildman–Crippen MR) is 98.0 cm³/mol. The summed E-state index contributed by atoms with van der Waals surface area (Å²) in [6.45, 7) is 7.54. The van der Waals surface area contributed by atoms with Crippen molar-refractivity contribution in [1.29, 1.82) is 0 Å². The molecule has 0 bridgehead atoms. The standard InChI is InChI=1S/C16H23BrN2O2S/c1-11(8-9-20)19(13-7-5-6-12(17)10-13)15(22)18-14(21)16(2,3)4/h5-7,10-11,20H,8-9H2,1-4H3,(H,18,21,22).